The van der Waals surface area contributed by atoms with Gasteiger partial charge in [0.2, 0.25) is 0 Å². The maximum atomic E-state index is 9.41. The minimum absolute atomic E-state index is 0.851. The Morgan fingerprint density at radius 2 is 2.11 bits per heavy atom. The van der Waals surface area contributed by atoms with Crippen LogP contribution < -0.4 is 4.90 Å². The fourth-order valence-electron chi connectivity index (χ4n) is 2.94. The van der Waals surface area contributed by atoms with E-state index in [1.54, 1.807) is 11.8 Å². The minimum atomic E-state index is 0.851. The molecule has 0 N–H and O–H groups in total. The Labute approximate surface area is 120 Å². The van der Waals surface area contributed by atoms with Crippen LogP contribution in [0.1, 0.15) is 38.2 Å². The van der Waals surface area contributed by atoms with Gasteiger partial charge in [-0.05, 0) is 37.1 Å². The van der Waals surface area contributed by atoms with Crippen molar-refractivity contribution in [2.45, 2.75) is 37.5 Å². The van der Waals surface area contributed by atoms with E-state index in [0.29, 0.717) is 0 Å². The van der Waals surface area contributed by atoms with Gasteiger partial charge in [0.25, 0.3) is 0 Å². The maximum absolute atomic E-state index is 9.41. The van der Waals surface area contributed by atoms with Gasteiger partial charge in [0, 0.05) is 18.0 Å². The van der Waals surface area contributed by atoms with E-state index >= 15 is 0 Å². The number of thioether (sulfide) groups is 1. The van der Waals surface area contributed by atoms with Crippen molar-refractivity contribution in [3.05, 3.63) is 23.8 Å². The van der Waals surface area contributed by atoms with E-state index in [1.807, 2.05) is 12.3 Å². The first-order chi connectivity index (χ1) is 9.30. The number of anilines is 1. The number of hydrogen-bond acceptors (Lipinski definition) is 3. The lowest BCUT2D eigenvalue weighted by Crippen LogP contribution is -2.34. The summed E-state index contributed by atoms with van der Waals surface area (Å²) in [4.78, 5) is 3.49. The molecule has 1 heterocycles. The predicted octanol–water partition coefficient (Wildman–Crippen LogP) is 4.30. The molecular weight excluding hydrogens is 252 g/mol. The van der Waals surface area contributed by atoms with E-state index in [0.717, 1.165) is 35.2 Å². The topological polar surface area (TPSA) is 27.0 Å². The Kier molecular flexibility index (Phi) is 5.15. The second kappa shape index (κ2) is 6.86. The quantitative estimate of drug-likeness (QED) is 0.766. The predicted molar refractivity (Wildman–Crippen MR) is 82.8 cm³/mol. The summed E-state index contributed by atoms with van der Waals surface area (Å²) in [5.41, 5.74) is 1.98. The number of nitrogens with zero attached hydrogens (tertiary/aromatic N) is 2. The van der Waals surface area contributed by atoms with Gasteiger partial charge in [-0.2, -0.15) is 5.26 Å². The van der Waals surface area contributed by atoms with Crippen LogP contribution in [0.3, 0.4) is 0 Å². The molecule has 1 aliphatic rings. The normalized spacial score (nSPS) is 16.4. The molecule has 0 unspecified atom stereocenters. The summed E-state index contributed by atoms with van der Waals surface area (Å²) in [5, 5.41) is 9.41. The lowest BCUT2D eigenvalue weighted by molar-refractivity contribution is 0.378. The third-order valence-corrected chi connectivity index (χ3v) is 4.77. The van der Waals surface area contributed by atoms with Gasteiger partial charge in [0.05, 0.1) is 11.3 Å². The summed E-state index contributed by atoms with van der Waals surface area (Å²) in [6, 6.07) is 8.59. The highest BCUT2D eigenvalue weighted by molar-refractivity contribution is 7.98. The first-order valence-electron chi connectivity index (χ1n) is 7.12. The molecule has 0 aliphatic carbocycles. The van der Waals surface area contributed by atoms with Gasteiger partial charge >= 0.3 is 0 Å². The molecule has 1 aromatic rings. The summed E-state index contributed by atoms with van der Waals surface area (Å²) >= 11 is 1.66. The lowest BCUT2D eigenvalue weighted by atomic mass is 9.92. The van der Waals surface area contributed by atoms with Crippen LogP contribution in [-0.2, 0) is 0 Å². The van der Waals surface area contributed by atoms with E-state index < -0.39 is 0 Å². The van der Waals surface area contributed by atoms with Crippen LogP contribution in [-0.4, -0.2) is 19.3 Å². The molecule has 0 amide bonds. The number of hydrogen-bond donors (Lipinski definition) is 0. The van der Waals surface area contributed by atoms with Crippen molar-refractivity contribution < 1.29 is 0 Å². The van der Waals surface area contributed by atoms with Crippen LogP contribution >= 0.6 is 11.8 Å². The molecule has 0 bridgehead atoms. The van der Waals surface area contributed by atoms with Crippen LogP contribution in [0.25, 0.3) is 0 Å². The van der Waals surface area contributed by atoms with Crippen molar-refractivity contribution in [1.29, 1.82) is 5.26 Å². The van der Waals surface area contributed by atoms with E-state index in [1.165, 1.54) is 25.7 Å². The van der Waals surface area contributed by atoms with Crippen molar-refractivity contribution in [2.75, 3.05) is 24.2 Å². The molecule has 0 saturated carbocycles. The zero-order chi connectivity index (χ0) is 13.7. The standard InChI is InChI=1S/C16H22N2S/c1-3-5-13-8-10-18(11-9-13)15-6-4-7-16(19-2)14(15)12-17/h4,6-7,13H,3,5,8-11H2,1-2H3. The highest BCUT2D eigenvalue weighted by atomic mass is 32.2. The second-order valence-electron chi connectivity index (χ2n) is 5.19. The molecule has 2 rings (SSSR count). The molecule has 0 radical (unpaired) electrons. The zero-order valence-corrected chi connectivity index (χ0v) is 12.7. The van der Waals surface area contributed by atoms with Crippen LogP contribution in [0.2, 0.25) is 0 Å². The number of benzene rings is 1. The summed E-state index contributed by atoms with van der Waals surface area (Å²) in [5.74, 6) is 0.885. The maximum Gasteiger partial charge on any atom is 0.103 e. The summed E-state index contributed by atoms with van der Waals surface area (Å²) < 4.78 is 0. The van der Waals surface area contributed by atoms with Gasteiger partial charge in [-0.1, -0.05) is 25.8 Å². The largest absolute Gasteiger partial charge is 0.370 e. The average Bonchev–Trinajstić information content (AvgIpc) is 2.47. The van der Waals surface area contributed by atoms with E-state index in [2.05, 4.69) is 30.0 Å². The smallest absolute Gasteiger partial charge is 0.103 e. The third-order valence-electron chi connectivity index (χ3n) is 3.99. The summed E-state index contributed by atoms with van der Waals surface area (Å²) in [6.45, 7) is 4.45. The molecule has 2 nitrogen and oxygen atoms in total. The SMILES string of the molecule is CCCC1CCN(c2cccc(SC)c2C#N)CC1. The van der Waals surface area contributed by atoms with E-state index in [4.69, 9.17) is 0 Å². The Bertz CT molecular complexity index is 456. The molecule has 0 spiro atoms. The Morgan fingerprint density at radius 1 is 1.37 bits per heavy atom. The molecule has 0 aromatic heterocycles. The van der Waals surface area contributed by atoms with Crippen molar-refractivity contribution in [3.63, 3.8) is 0 Å². The van der Waals surface area contributed by atoms with Crippen molar-refractivity contribution in [1.82, 2.24) is 0 Å². The van der Waals surface area contributed by atoms with Gasteiger partial charge in [-0.15, -0.1) is 11.8 Å². The van der Waals surface area contributed by atoms with Crippen LogP contribution in [0.15, 0.2) is 23.1 Å². The molecule has 1 fully saturated rings. The van der Waals surface area contributed by atoms with E-state index in [9.17, 15) is 5.26 Å². The number of rotatable bonds is 4. The lowest BCUT2D eigenvalue weighted by Gasteiger charge is -2.34. The Morgan fingerprint density at radius 3 is 2.68 bits per heavy atom. The van der Waals surface area contributed by atoms with Crippen molar-refractivity contribution in [2.24, 2.45) is 5.92 Å². The van der Waals surface area contributed by atoms with Crippen LogP contribution in [0, 0.1) is 17.2 Å². The van der Waals surface area contributed by atoms with Crippen LogP contribution in [0.4, 0.5) is 5.69 Å². The first-order valence-corrected chi connectivity index (χ1v) is 8.34. The fourth-order valence-corrected chi connectivity index (χ4v) is 3.51. The fraction of sp³-hybridized carbons (Fsp3) is 0.562. The summed E-state index contributed by atoms with van der Waals surface area (Å²) in [6.07, 6.45) is 7.21. The first kappa shape index (κ1) is 14.3. The molecule has 0 atom stereocenters. The van der Waals surface area contributed by atoms with Crippen LogP contribution in [0.5, 0.6) is 0 Å². The summed E-state index contributed by atoms with van der Waals surface area (Å²) in [7, 11) is 0. The second-order valence-corrected chi connectivity index (χ2v) is 6.03. The van der Waals surface area contributed by atoms with Crippen molar-refractivity contribution >= 4 is 17.4 Å². The Hall–Kier alpha value is -1.14. The highest BCUT2D eigenvalue weighted by Crippen LogP contribution is 2.32. The molecule has 1 aliphatic heterocycles. The number of piperidine rings is 1. The number of nitriles is 1. The van der Waals surface area contributed by atoms with Gasteiger partial charge < -0.3 is 4.90 Å². The van der Waals surface area contributed by atoms with Gasteiger partial charge in [0.15, 0.2) is 0 Å². The van der Waals surface area contributed by atoms with Gasteiger partial charge in [0.1, 0.15) is 6.07 Å². The minimum Gasteiger partial charge on any atom is -0.370 e. The molecule has 19 heavy (non-hydrogen) atoms. The Balaban J connectivity index is 2.14. The molecule has 3 heteroatoms. The monoisotopic (exact) mass is 274 g/mol. The molecular formula is C16H22N2S. The zero-order valence-electron chi connectivity index (χ0n) is 11.9. The molecule has 1 aromatic carbocycles. The third kappa shape index (κ3) is 3.25. The molecule has 1 saturated heterocycles. The van der Waals surface area contributed by atoms with E-state index in [-0.39, 0.29) is 0 Å². The average molecular weight is 274 g/mol. The highest BCUT2D eigenvalue weighted by Gasteiger charge is 2.21. The van der Waals surface area contributed by atoms with Crippen molar-refractivity contribution in [3.8, 4) is 6.07 Å². The van der Waals surface area contributed by atoms with Gasteiger partial charge in [-0.25, -0.2) is 0 Å². The molecule has 102 valence electrons. The van der Waals surface area contributed by atoms with Gasteiger partial charge in [-0.3, -0.25) is 0 Å².